The highest BCUT2D eigenvalue weighted by Crippen LogP contribution is 2.59. The molecule has 0 unspecified atom stereocenters. The highest BCUT2D eigenvalue weighted by molar-refractivity contribution is 6.29. The molecular formula is C48H32N2O5. The second-order valence-corrected chi connectivity index (χ2v) is 13.7. The molecule has 0 aliphatic carbocycles. The number of aromatic hydroxyl groups is 5. The van der Waals surface area contributed by atoms with Crippen molar-refractivity contribution >= 4 is 71.2 Å². The maximum absolute atomic E-state index is 11.6. The number of hydrogen-bond acceptors (Lipinski definition) is 6. The van der Waals surface area contributed by atoms with Crippen molar-refractivity contribution in [3.8, 4) is 45.6 Å². The summed E-state index contributed by atoms with van der Waals surface area (Å²) in [5.74, 6) is -4.54. The zero-order chi connectivity index (χ0) is 37.4. The topological polar surface area (TPSA) is 109 Å². The Bertz CT molecular complexity index is 3080. The lowest BCUT2D eigenvalue weighted by Gasteiger charge is -2.29. The minimum Gasteiger partial charge on any atom is -0.503 e. The fourth-order valence-corrected chi connectivity index (χ4v) is 8.21. The molecule has 10 aromatic rings. The number of phenolic OH excluding ortho intramolecular Hbond substituents is 5. The molecule has 1 aromatic heterocycles. The normalized spacial score (nSPS) is 11.6. The summed E-state index contributed by atoms with van der Waals surface area (Å²) in [5, 5.41) is 63.3. The zero-order valence-electron chi connectivity index (χ0n) is 29.2. The molecule has 0 amide bonds. The van der Waals surface area contributed by atoms with Gasteiger partial charge in [-0.15, -0.1) is 0 Å². The number of rotatable bonds is 5. The first-order valence-electron chi connectivity index (χ1n) is 17.9. The Hall–Kier alpha value is -7.64. The van der Waals surface area contributed by atoms with E-state index < -0.39 is 28.7 Å². The molecule has 55 heavy (non-hydrogen) atoms. The van der Waals surface area contributed by atoms with E-state index in [9.17, 15) is 25.5 Å². The Balaban J connectivity index is 1.30. The third-order valence-electron chi connectivity index (χ3n) is 10.7. The summed E-state index contributed by atoms with van der Waals surface area (Å²) in [7, 11) is 0. The van der Waals surface area contributed by atoms with E-state index in [-0.39, 0.29) is 5.69 Å². The largest absolute Gasteiger partial charge is 0.503 e. The summed E-state index contributed by atoms with van der Waals surface area (Å²) in [4.78, 5) is 1.63. The van der Waals surface area contributed by atoms with Crippen LogP contribution < -0.4 is 4.90 Å². The van der Waals surface area contributed by atoms with Gasteiger partial charge in [0, 0.05) is 27.5 Å². The number of fused-ring (bicyclic) bond motifs is 9. The van der Waals surface area contributed by atoms with E-state index in [0.29, 0.717) is 11.4 Å². The molecule has 0 saturated carbocycles. The lowest BCUT2D eigenvalue weighted by atomic mass is 9.93. The Morgan fingerprint density at radius 1 is 0.364 bits per heavy atom. The predicted molar refractivity (Wildman–Crippen MR) is 222 cm³/mol. The van der Waals surface area contributed by atoms with Crippen LogP contribution in [0.25, 0.3) is 70.9 Å². The van der Waals surface area contributed by atoms with Gasteiger partial charge in [-0.05, 0) is 74.5 Å². The molecule has 1 heterocycles. The first-order valence-corrected chi connectivity index (χ1v) is 17.9. The maximum atomic E-state index is 11.6. The summed E-state index contributed by atoms with van der Waals surface area (Å²) in [6.07, 6.45) is 0. The first-order chi connectivity index (χ1) is 26.9. The van der Waals surface area contributed by atoms with E-state index in [4.69, 9.17) is 0 Å². The molecule has 0 saturated heterocycles. The van der Waals surface area contributed by atoms with Crippen molar-refractivity contribution in [1.82, 2.24) is 4.57 Å². The summed E-state index contributed by atoms with van der Waals surface area (Å²) in [6.45, 7) is 0. The molecular weight excluding hydrogens is 685 g/mol. The van der Waals surface area contributed by atoms with E-state index in [0.717, 1.165) is 70.9 Å². The molecule has 7 heteroatoms. The quantitative estimate of drug-likeness (QED) is 0.0689. The summed E-state index contributed by atoms with van der Waals surface area (Å²) in [6, 6.07) is 54.7. The van der Waals surface area contributed by atoms with Gasteiger partial charge in [-0.2, -0.15) is 0 Å². The third-order valence-corrected chi connectivity index (χ3v) is 10.7. The van der Waals surface area contributed by atoms with Crippen LogP contribution in [0.2, 0.25) is 0 Å². The lowest BCUT2D eigenvalue weighted by molar-refractivity contribution is 0.329. The van der Waals surface area contributed by atoms with Crippen LogP contribution >= 0.6 is 0 Å². The molecule has 0 aliphatic heterocycles. The van der Waals surface area contributed by atoms with Gasteiger partial charge >= 0.3 is 0 Å². The highest BCUT2D eigenvalue weighted by atomic mass is 16.4. The highest BCUT2D eigenvalue weighted by Gasteiger charge is 2.31. The van der Waals surface area contributed by atoms with Crippen molar-refractivity contribution in [3.63, 3.8) is 0 Å². The van der Waals surface area contributed by atoms with Crippen LogP contribution in [0, 0.1) is 0 Å². The van der Waals surface area contributed by atoms with Crippen LogP contribution in [-0.4, -0.2) is 30.1 Å². The maximum Gasteiger partial charge on any atom is 0.208 e. The van der Waals surface area contributed by atoms with E-state index in [2.05, 4.69) is 71.3 Å². The second kappa shape index (κ2) is 12.2. The Morgan fingerprint density at radius 2 is 0.855 bits per heavy atom. The monoisotopic (exact) mass is 716 g/mol. The fraction of sp³-hybridized carbons (Fsp3) is 0. The molecule has 0 aliphatic rings. The van der Waals surface area contributed by atoms with E-state index in [1.54, 1.807) is 4.90 Å². The van der Waals surface area contributed by atoms with Crippen LogP contribution in [0.15, 0.2) is 164 Å². The van der Waals surface area contributed by atoms with Gasteiger partial charge < -0.3 is 35.0 Å². The van der Waals surface area contributed by atoms with Gasteiger partial charge in [0.25, 0.3) is 0 Å². The summed E-state index contributed by atoms with van der Waals surface area (Å²) >= 11 is 0. The molecule has 7 nitrogen and oxygen atoms in total. The third kappa shape index (κ3) is 4.77. The molecule has 0 bridgehead atoms. The number of anilines is 3. The van der Waals surface area contributed by atoms with Crippen molar-refractivity contribution in [3.05, 3.63) is 164 Å². The molecule has 0 radical (unpaired) electrons. The van der Waals surface area contributed by atoms with Crippen LogP contribution in [0.1, 0.15) is 0 Å². The molecule has 0 fully saturated rings. The Kier molecular flexibility index (Phi) is 7.12. The van der Waals surface area contributed by atoms with Crippen LogP contribution in [0.3, 0.4) is 0 Å². The number of phenols is 5. The fourth-order valence-electron chi connectivity index (χ4n) is 8.21. The Morgan fingerprint density at radius 3 is 1.51 bits per heavy atom. The lowest BCUT2D eigenvalue weighted by Crippen LogP contribution is -2.12. The van der Waals surface area contributed by atoms with Crippen molar-refractivity contribution in [2.45, 2.75) is 0 Å². The second-order valence-electron chi connectivity index (χ2n) is 13.7. The van der Waals surface area contributed by atoms with E-state index in [1.807, 2.05) is 97.1 Å². The summed E-state index contributed by atoms with van der Waals surface area (Å²) in [5.41, 5.74) is 5.74. The van der Waals surface area contributed by atoms with Crippen LogP contribution in [0.5, 0.6) is 28.7 Å². The molecule has 5 N–H and O–H groups in total. The van der Waals surface area contributed by atoms with Gasteiger partial charge in [-0.1, -0.05) is 127 Å². The van der Waals surface area contributed by atoms with Crippen LogP contribution in [-0.2, 0) is 0 Å². The van der Waals surface area contributed by atoms with Crippen LogP contribution in [0.4, 0.5) is 17.1 Å². The van der Waals surface area contributed by atoms with Crippen molar-refractivity contribution in [1.29, 1.82) is 0 Å². The van der Waals surface area contributed by atoms with Gasteiger partial charge in [-0.3, -0.25) is 0 Å². The number of nitrogens with zero attached hydrogens (tertiary/aromatic N) is 2. The van der Waals surface area contributed by atoms with Gasteiger partial charge in [0.05, 0.1) is 16.7 Å². The molecule has 10 rings (SSSR count). The predicted octanol–water partition coefficient (Wildman–Crippen LogP) is 11.9. The van der Waals surface area contributed by atoms with Gasteiger partial charge in [-0.25, -0.2) is 0 Å². The zero-order valence-corrected chi connectivity index (χ0v) is 29.2. The average Bonchev–Trinajstić information content (AvgIpc) is 3.57. The van der Waals surface area contributed by atoms with E-state index in [1.165, 1.54) is 0 Å². The standard InChI is InChI=1S/C48H32N2O5/c51-44-43(45(52)47(54)48(55)46(44)53)50(40-20-10-18-38-34-14-5-4-13-32(34)33-15-6-7-17-37(33)42(38)40)31-25-26-36-35-16-8-9-19-39(35)49(41(36)27-31)30-23-21-29(22-24-30)28-11-2-1-3-12-28/h1-27,51-55H. The number of aromatic nitrogens is 1. The summed E-state index contributed by atoms with van der Waals surface area (Å²) < 4.78 is 2.18. The molecule has 0 atom stereocenters. The van der Waals surface area contributed by atoms with Crippen molar-refractivity contribution in [2.24, 2.45) is 0 Å². The molecule has 0 spiro atoms. The number of para-hydroxylation sites is 1. The molecule has 264 valence electrons. The Labute approximate surface area is 314 Å². The average molecular weight is 717 g/mol. The van der Waals surface area contributed by atoms with E-state index >= 15 is 0 Å². The first kappa shape index (κ1) is 32.0. The molecule has 9 aromatic carbocycles. The van der Waals surface area contributed by atoms with Crippen molar-refractivity contribution < 1.29 is 25.5 Å². The number of hydrogen-bond donors (Lipinski definition) is 5. The minimum absolute atomic E-state index is 0.299. The smallest absolute Gasteiger partial charge is 0.208 e. The minimum atomic E-state index is -1.03. The van der Waals surface area contributed by atoms with Gasteiger partial charge in [0.1, 0.15) is 5.69 Å². The SMILES string of the molecule is Oc1c(O)c(O)c(N(c2ccc3c4ccccc4n(-c4ccc(-c5ccccc5)cc4)c3c2)c2cccc3c4ccccc4c4ccccc4c23)c(O)c1O. The van der Waals surface area contributed by atoms with Gasteiger partial charge in [0.2, 0.25) is 17.2 Å². The van der Waals surface area contributed by atoms with Gasteiger partial charge in [0.15, 0.2) is 11.5 Å². The number of benzene rings is 9. The van der Waals surface area contributed by atoms with Crippen molar-refractivity contribution in [2.75, 3.05) is 4.90 Å².